The van der Waals surface area contributed by atoms with Crippen molar-refractivity contribution in [1.29, 1.82) is 0 Å². The zero-order valence-electron chi connectivity index (χ0n) is 22.5. The summed E-state index contributed by atoms with van der Waals surface area (Å²) in [5.41, 5.74) is 4.62. The molecule has 3 amide bonds. The van der Waals surface area contributed by atoms with Gasteiger partial charge in [-0.3, -0.25) is 19.3 Å². The van der Waals surface area contributed by atoms with Crippen LogP contribution in [-0.4, -0.2) is 41.2 Å². The van der Waals surface area contributed by atoms with Gasteiger partial charge in [-0.05, 0) is 52.8 Å². The summed E-state index contributed by atoms with van der Waals surface area (Å²) in [5, 5.41) is 2.95. The van der Waals surface area contributed by atoms with Crippen molar-refractivity contribution in [3.8, 4) is 0 Å². The summed E-state index contributed by atoms with van der Waals surface area (Å²) in [5.74, 6) is -3.81. The number of amides is 3. The zero-order chi connectivity index (χ0) is 29.0. The second kappa shape index (κ2) is 10.7. The van der Waals surface area contributed by atoms with Gasteiger partial charge < -0.3 is 10.1 Å². The molecule has 1 N–H and O–H groups in total. The predicted octanol–water partition coefficient (Wildman–Crippen LogP) is 5.89. The van der Waals surface area contributed by atoms with Gasteiger partial charge in [0.05, 0.1) is 22.5 Å². The number of hydrogen-bond donors (Lipinski definition) is 1. The quantitative estimate of drug-likeness (QED) is 0.258. The number of halogens is 2. The van der Waals surface area contributed by atoms with Crippen LogP contribution in [0.3, 0.4) is 0 Å². The molecule has 0 spiro atoms. The smallest absolute Gasteiger partial charge is 0.329 e. The van der Waals surface area contributed by atoms with Crippen LogP contribution < -0.4 is 5.32 Å². The molecule has 41 heavy (non-hydrogen) atoms. The number of rotatable bonds is 7. The van der Waals surface area contributed by atoms with Crippen LogP contribution in [0.5, 0.6) is 0 Å². The molecule has 1 aliphatic heterocycles. The first-order valence-corrected chi connectivity index (χ1v) is 14.8. The lowest BCUT2D eigenvalue weighted by Crippen LogP contribution is -2.47. The predicted molar refractivity (Wildman–Crippen MR) is 157 cm³/mol. The minimum atomic E-state index is -1.13. The van der Waals surface area contributed by atoms with Crippen molar-refractivity contribution < 1.29 is 23.9 Å². The molecule has 210 valence electrons. The number of likely N-dealkylation sites (tertiary alicyclic amines) is 1. The number of anilines is 1. The summed E-state index contributed by atoms with van der Waals surface area (Å²) >= 11 is 9.50. The molecule has 0 radical (unpaired) electrons. The molecule has 7 rings (SSSR count). The fourth-order valence-corrected chi connectivity index (χ4v) is 7.49. The van der Waals surface area contributed by atoms with Crippen LogP contribution in [0, 0.1) is 17.8 Å². The summed E-state index contributed by atoms with van der Waals surface area (Å²) in [6.45, 7) is 3.25. The Balaban J connectivity index is 1.26. The molecule has 1 heterocycles. The molecule has 0 saturated carbocycles. The molecule has 4 aliphatic rings. The molecule has 3 atom stereocenters. The van der Waals surface area contributed by atoms with E-state index in [1.165, 1.54) is 0 Å². The van der Waals surface area contributed by atoms with E-state index < -0.39 is 36.4 Å². The van der Waals surface area contributed by atoms with E-state index in [0.717, 1.165) is 31.6 Å². The second-order valence-electron chi connectivity index (χ2n) is 11.2. The van der Waals surface area contributed by atoms with Gasteiger partial charge >= 0.3 is 5.97 Å². The Hall–Kier alpha value is -3.49. The Morgan fingerprint density at radius 1 is 0.902 bits per heavy atom. The lowest BCUT2D eigenvalue weighted by Gasteiger charge is -2.45. The normalized spacial score (nSPS) is 22.7. The number of esters is 1. The largest absolute Gasteiger partial charge is 0.454 e. The Kier molecular flexibility index (Phi) is 7.24. The highest BCUT2D eigenvalue weighted by molar-refractivity contribution is 9.10. The van der Waals surface area contributed by atoms with Crippen molar-refractivity contribution in [1.82, 2.24) is 4.90 Å². The SMILES string of the molecule is CC(C)C[C@@H](C(=O)OCC(=O)Nc1ccc(Br)cc1Cl)N1C(=O)[C@@H]2C3c4ccccc4C(c4ccccc43)[C@@H]2C1=O. The summed E-state index contributed by atoms with van der Waals surface area (Å²) in [6.07, 6.45) is 0.227. The van der Waals surface area contributed by atoms with Gasteiger partial charge in [-0.15, -0.1) is 0 Å². The van der Waals surface area contributed by atoms with Crippen LogP contribution in [0.4, 0.5) is 5.69 Å². The Labute approximate surface area is 251 Å². The Morgan fingerprint density at radius 2 is 1.41 bits per heavy atom. The van der Waals surface area contributed by atoms with Gasteiger partial charge in [0.1, 0.15) is 6.04 Å². The first-order chi connectivity index (χ1) is 19.7. The monoisotopic (exact) mass is 634 g/mol. The van der Waals surface area contributed by atoms with Crippen molar-refractivity contribution >= 4 is 56.9 Å². The topological polar surface area (TPSA) is 92.8 Å². The van der Waals surface area contributed by atoms with Gasteiger partial charge in [-0.25, -0.2) is 4.79 Å². The van der Waals surface area contributed by atoms with E-state index in [-0.39, 0.29) is 36.0 Å². The van der Waals surface area contributed by atoms with E-state index in [0.29, 0.717) is 10.7 Å². The molecule has 3 aliphatic carbocycles. The fraction of sp³-hybridized carbons (Fsp3) is 0.312. The highest BCUT2D eigenvalue weighted by Crippen LogP contribution is 2.61. The molecule has 0 unspecified atom stereocenters. The van der Waals surface area contributed by atoms with Crippen LogP contribution in [0.15, 0.2) is 71.2 Å². The molecule has 9 heteroatoms. The maximum absolute atomic E-state index is 14.1. The van der Waals surface area contributed by atoms with Crippen molar-refractivity contribution in [2.24, 2.45) is 17.8 Å². The molecule has 0 aromatic heterocycles. The molecule has 1 fully saturated rings. The van der Waals surface area contributed by atoms with Gasteiger partial charge in [0.15, 0.2) is 6.61 Å². The number of ether oxygens (including phenoxy) is 1. The number of hydrogen-bond acceptors (Lipinski definition) is 5. The number of benzene rings is 3. The Morgan fingerprint density at radius 3 is 1.88 bits per heavy atom. The van der Waals surface area contributed by atoms with E-state index in [1.54, 1.807) is 18.2 Å². The zero-order valence-corrected chi connectivity index (χ0v) is 24.8. The first-order valence-electron chi connectivity index (χ1n) is 13.6. The number of imide groups is 1. The van der Waals surface area contributed by atoms with Crippen LogP contribution in [-0.2, 0) is 23.9 Å². The Bertz CT molecular complexity index is 1470. The summed E-state index contributed by atoms with van der Waals surface area (Å²) in [4.78, 5) is 55.5. The summed E-state index contributed by atoms with van der Waals surface area (Å²) in [6, 6.07) is 19.8. The van der Waals surface area contributed by atoms with Crippen LogP contribution in [0.25, 0.3) is 0 Å². The molecular formula is C32H28BrClN2O5. The lowest BCUT2D eigenvalue weighted by atomic mass is 9.55. The standard InChI is InChI=1S/C32H28BrClN2O5/c1-16(2)13-24(32(40)41-15-25(37)35-23-12-11-17(33)14-22(23)34)36-30(38)28-26-18-7-3-4-8-19(18)27(29(28)31(36)39)21-10-6-5-9-20(21)26/h3-12,14,16,24,26-29H,13,15H2,1-2H3,(H,35,37)/t24-,26?,27?,28-,29+/m0/s1. The van der Waals surface area contributed by atoms with E-state index in [2.05, 4.69) is 21.2 Å². The average Bonchev–Trinajstić information content (AvgIpc) is 3.22. The van der Waals surface area contributed by atoms with Crippen molar-refractivity contribution in [3.63, 3.8) is 0 Å². The average molecular weight is 636 g/mol. The third-order valence-electron chi connectivity index (χ3n) is 8.31. The lowest BCUT2D eigenvalue weighted by molar-refractivity contribution is -0.160. The summed E-state index contributed by atoms with van der Waals surface area (Å²) < 4.78 is 6.16. The third-order valence-corrected chi connectivity index (χ3v) is 9.12. The molecule has 1 saturated heterocycles. The van der Waals surface area contributed by atoms with Gasteiger partial charge in [-0.1, -0.05) is 89.9 Å². The van der Waals surface area contributed by atoms with E-state index >= 15 is 0 Å². The minimum Gasteiger partial charge on any atom is -0.454 e. The maximum atomic E-state index is 14.1. The van der Waals surface area contributed by atoms with Crippen LogP contribution >= 0.6 is 27.5 Å². The maximum Gasteiger partial charge on any atom is 0.329 e. The first kappa shape index (κ1) is 27.7. The molecule has 3 aromatic carbocycles. The third kappa shape index (κ3) is 4.67. The highest BCUT2D eigenvalue weighted by atomic mass is 79.9. The number of carbonyl (C=O) groups is 4. The highest BCUT2D eigenvalue weighted by Gasteiger charge is 2.63. The molecule has 2 bridgehead atoms. The summed E-state index contributed by atoms with van der Waals surface area (Å²) in [7, 11) is 0. The number of carbonyl (C=O) groups excluding carboxylic acids is 4. The minimum absolute atomic E-state index is 0.0164. The van der Waals surface area contributed by atoms with Crippen molar-refractivity contribution in [3.05, 3.63) is 98.5 Å². The van der Waals surface area contributed by atoms with Crippen molar-refractivity contribution in [2.75, 3.05) is 11.9 Å². The van der Waals surface area contributed by atoms with E-state index in [4.69, 9.17) is 16.3 Å². The van der Waals surface area contributed by atoms with Crippen LogP contribution in [0.2, 0.25) is 5.02 Å². The second-order valence-corrected chi connectivity index (χ2v) is 12.6. The fourth-order valence-electron chi connectivity index (χ4n) is 6.77. The van der Waals surface area contributed by atoms with Gasteiger partial charge in [0.2, 0.25) is 11.8 Å². The molecular weight excluding hydrogens is 608 g/mol. The van der Waals surface area contributed by atoms with Gasteiger partial charge in [-0.2, -0.15) is 0 Å². The van der Waals surface area contributed by atoms with Gasteiger partial charge in [0, 0.05) is 16.3 Å². The van der Waals surface area contributed by atoms with Gasteiger partial charge in [0.25, 0.3) is 5.91 Å². The van der Waals surface area contributed by atoms with E-state index in [9.17, 15) is 19.2 Å². The number of nitrogens with zero attached hydrogens (tertiary/aromatic N) is 1. The molecule has 3 aromatic rings. The van der Waals surface area contributed by atoms with E-state index in [1.807, 2.05) is 62.4 Å². The molecule has 7 nitrogen and oxygen atoms in total. The van der Waals surface area contributed by atoms with Crippen LogP contribution in [0.1, 0.15) is 54.4 Å². The van der Waals surface area contributed by atoms with Crippen molar-refractivity contribution in [2.45, 2.75) is 38.1 Å². The number of nitrogens with one attached hydrogen (secondary N) is 1.